The van der Waals surface area contributed by atoms with Crippen molar-refractivity contribution in [2.24, 2.45) is 5.73 Å². The van der Waals surface area contributed by atoms with Gasteiger partial charge in [0.1, 0.15) is 0 Å². The van der Waals surface area contributed by atoms with E-state index >= 15 is 0 Å². The molecule has 5 nitrogen and oxygen atoms in total. The second kappa shape index (κ2) is 9.81. The van der Waals surface area contributed by atoms with E-state index in [1.165, 1.54) is 28.5 Å². The molecule has 1 aliphatic carbocycles. The largest absolute Gasteiger partial charge is 0.673 e. The molecule has 3 rings (SSSR count). The van der Waals surface area contributed by atoms with Gasteiger partial charge in [0.15, 0.2) is 6.10 Å². The minimum Gasteiger partial charge on any atom is -0.418 e. The fourth-order valence-corrected chi connectivity index (χ4v) is 2.77. The summed E-state index contributed by atoms with van der Waals surface area (Å²) in [7, 11) is -6.00. The molecule has 0 aromatic heterocycles. The zero-order valence-corrected chi connectivity index (χ0v) is 15.1. The van der Waals surface area contributed by atoms with E-state index in [2.05, 4.69) is 29.1 Å². The van der Waals surface area contributed by atoms with Crippen LogP contribution in [0.4, 0.5) is 17.3 Å². The van der Waals surface area contributed by atoms with Crippen molar-refractivity contribution in [1.82, 2.24) is 0 Å². The molecule has 0 spiro atoms. The van der Waals surface area contributed by atoms with Crippen LogP contribution in [0.15, 0.2) is 66.3 Å². The van der Waals surface area contributed by atoms with Crippen LogP contribution in [0.2, 0.25) is 0 Å². The average molecular weight is 406 g/mol. The molecule has 0 bridgehead atoms. The molecule has 0 saturated carbocycles. The normalized spacial score (nSPS) is 15.9. The fourth-order valence-electron chi connectivity index (χ4n) is 2.77. The van der Waals surface area contributed by atoms with Crippen molar-refractivity contribution in [2.75, 3.05) is 6.61 Å². The summed E-state index contributed by atoms with van der Waals surface area (Å²) in [6.45, 7) is 0.425. The molecule has 0 radical (unpaired) electrons. The monoisotopic (exact) mass is 406 g/mol. The van der Waals surface area contributed by atoms with Gasteiger partial charge >= 0.3 is 13.0 Å². The standard InChI is InChI=1S/C19H17N3O2.BF4/c20-19(23)15-8-9-17(22-21)18(12-15)24-11-10-14-6-3-5-13-4-1-2-7-16(13)14;2-1(3,4)5/h1-9,12,18H,10-11H2,(H2,20,23);/q;-1. The smallest absolute Gasteiger partial charge is 0.418 e. The van der Waals surface area contributed by atoms with E-state index in [1.807, 2.05) is 18.2 Å². The molecular formula is C19H17BF4N3O2-. The van der Waals surface area contributed by atoms with Gasteiger partial charge in [-0.15, -0.1) is 0 Å². The molecule has 152 valence electrons. The lowest BCUT2D eigenvalue weighted by Crippen LogP contribution is -2.28. The Bertz CT molecular complexity index is 987. The van der Waals surface area contributed by atoms with E-state index in [0.717, 1.165) is 0 Å². The average Bonchev–Trinajstić information content (AvgIpc) is 2.66. The van der Waals surface area contributed by atoms with Gasteiger partial charge in [-0.25, -0.2) is 0 Å². The number of benzene rings is 2. The number of ether oxygens (including phenoxy) is 1. The third-order valence-electron chi connectivity index (χ3n) is 4.00. The summed E-state index contributed by atoms with van der Waals surface area (Å²) in [4.78, 5) is 14.5. The van der Waals surface area contributed by atoms with Gasteiger partial charge in [-0.1, -0.05) is 42.5 Å². The highest BCUT2D eigenvalue weighted by Gasteiger charge is 2.25. The zero-order valence-electron chi connectivity index (χ0n) is 15.1. The molecule has 0 aliphatic heterocycles. The van der Waals surface area contributed by atoms with Crippen LogP contribution in [-0.2, 0) is 16.0 Å². The Morgan fingerprint density at radius 3 is 2.41 bits per heavy atom. The number of carbonyl (C=O) groups is 1. The van der Waals surface area contributed by atoms with Gasteiger partial charge in [0, 0.05) is 11.6 Å². The predicted molar refractivity (Wildman–Crippen MR) is 103 cm³/mol. The van der Waals surface area contributed by atoms with E-state index in [9.17, 15) is 22.1 Å². The van der Waals surface area contributed by atoms with Crippen LogP contribution < -0.4 is 5.73 Å². The SMILES string of the molecule is F[B-](F)(F)F.[N-]=[N+]=C1C=CC(C(N)=O)=CC1OCCc1cccc2ccccc12. The van der Waals surface area contributed by atoms with Crippen molar-refractivity contribution >= 4 is 29.6 Å². The third kappa shape index (κ3) is 7.02. The van der Waals surface area contributed by atoms with Crippen molar-refractivity contribution in [3.8, 4) is 0 Å². The topological polar surface area (TPSA) is 88.7 Å². The van der Waals surface area contributed by atoms with Crippen LogP contribution in [0.25, 0.3) is 16.3 Å². The Hall–Kier alpha value is -3.23. The summed E-state index contributed by atoms with van der Waals surface area (Å²) >= 11 is 0. The zero-order chi connectivity index (χ0) is 21.4. The first-order chi connectivity index (χ1) is 13.7. The molecule has 2 aromatic carbocycles. The second-order valence-electron chi connectivity index (χ2n) is 6.02. The Kier molecular flexibility index (Phi) is 7.47. The highest BCUT2D eigenvalue weighted by atomic mass is 19.5. The molecule has 29 heavy (non-hydrogen) atoms. The Morgan fingerprint density at radius 2 is 1.76 bits per heavy atom. The number of halogens is 4. The number of nitrogens with zero attached hydrogens (tertiary/aromatic N) is 2. The summed E-state index contributed by atoms with van der Waals surface area (Å²) in [6.07, 6.45) is 4.74. The second-order valence-corrected chi connectivity index (χ2v) is 6.02. The molecule has 1 unspecified atom stereocenters. The summed E-state index contributed by atoms with van der Waals surface area (Å²) in [5.41, 5.74) is 16.2. The maximum atomic E-state index is 11.3. The first-order valence-corrected chi connectivity index (χ1v) is 8.56. The van der Waals surface area contributed by atoms with Crippen molar-refractivity contribution in [3.63, 3.8) is 0 Å². The van der Waals surface area contributed by atoms with Gasteiger partial charge in [0.05, 0.1) is 6.61 Å². The molecule has 1 amide bonds. The van der Waals surface area contributed by atoms with Gasteiger partial charge in [0.25, 0.3) is 0 Å². The summed E-state index contributed by atoms with van der Waals surface area (Å²) < 4.78 is 44.8. The third-order valence-corrected chi connectivity index (χ3v) is 4.00. The number of rotatable bonds is 5. The van der Waals surface area contributed by atoms with Crippen molar-refractivity contribution < 1.29 is 31.6 Å². The van der Waals surface area contributed by atoms with Gasteiger partial charge in [0.2, 0.25) is 5.91 Å². The number of amides is 1. The van der Waals surface area contributed by atoms with E-state index in [4.69, 9.17) is 16.0 Å². The van der Waals surface area contributed by atoms with Crippen LogP contribution in [0.1, 0.15) is 5.56 Å². The minimum absolute atomic E-state index is 0.345. The quantitative estimate of drug-likeness (QED) is 0.355. The number of hydrogen-bond donors (Lipinski definition) is 1. The van der Waals surface area contributed by atoms with Crippen LogP contribution >= 0.6 is 0 Å². The molecule has 1 atom stereocenters. The van der Waals surface area contributed by atoms with Gasteiger partial charge in [-0.3, -0.25) is 4.79 Å². The molecule has 1 aliphatic rings. The Balaban J connectivity index is 0.000000537. The number of hydrogen-bond acceptors (Lipinski definition) is 2. The molecule has 0 saturated heterocycles. The van der Waals surface area contributed by atoms with Crippen molar-refractivity contribution in [1.29, 1.82) is 0 Å². The first-order valence-electron chi connectivity index (χ1n) is 8.56. The molecular weight excluding hydrogens is 389 g/mol. The summed E-state index contributed by atoms with van der Waals surface area (Å²) in [5.74, 6) is -0.536. The van der Waals surface area contributed by atoms with Crippen LogP contribution in [-0.4, -0.2) is 36.4 Å². The highest BCUT2D eigenvalue weighted by Crippen LogP contribution is 2.19. The number of nitrogens with two attached hydrogens (primary N) is 1. The number of fused-ring (bicyclic) bond motifs is 1. The first kappa shape index (κ1) is 22.1. The summed E-state index contributed by atoms with van der Waals surface area (Å²) in [5, 5.41) is 2.38. The maximum Gasteiger partial charge on any atom is 0.673 e. The highest BCUT2D eigenvalue weighted by molar-refractivity contribution is 6.50. The van der Waals surface area contributed by atoms with Crippen LogP contribution in [0.3, 0.4) is 0 Å². The van der Waals surface area contributed by atoms with E-state index < -0.39 is 19.3 Å². The van der Waals surface area contributed by atoms with Gasteiger partial charge < -0.3 is 33.3 Å². The number of primary amides is 1. The molecule has 0 heterocycles. The van der Waals surface area contributed by atoms with Gasteiger partial charge in [-0.05, 0) is 34.9 Å². The molecule has 2 N–H and O–H groups in total. The van der Waals surface area contributed by atoms with E-state index in [0.29, 0.717) is 24.3 Å². The fraction of sp³-hybridized carbons (Fsp3) is 0.158. The maximum absolute atomic E-state index is 11.3. The van der Waals surface area contributed by atoms with E-state index in [1.54, 1.807) is 6.08 Å². The molecule has 0 fully saturated rings. The Morgan fingerprint density at radius 1 is 1.10 bits per heavy atom. The molecule has 2 aromatic rings. The predicted octanol–water partition coefficient (Wildman–Crippen LogP) is 3.72. The van der Waals surface area contributed by atoms with Gasteiger partial charge in [-0.2, -0.15) is 4.79 Å². The Labute approximate surface area is 164 Å². The summed E-state index contributed by atoms with van der Waals surface area (Å²) in [6, 6.07) is 14.3. The number of carbonyl (C=O) groups excluding carboxylic acids is 1. The van der Waals surface area contributed by atoms with Crippen molar-refractivity contribution in [2.45, 2.75) is 12.5 Å². The lowest BCUT2D eigenvalue weighted by molar-refractivity contribution is -0.114. The minimum atomic E-state index is -6.00. The van der Waals surface area contributed by atoms with Crippen LogP contribution in [0.5, 0.6) is 0 Å². The van der Waals surface area contributed by atoms with Crippen molar-refractivity contribution in [3.05, 3.63) is 77.4 Å². The molecule has 10 heteroatoms. The lowest BCUT2D eigenvalue weighted by Gasteiger charge is -2.13. The lowest BCUT2D eigenvalue weighted by atomic mass is 10.0. The van der Waals surface area contributed by atoms with E-state index in [-0.39, 0.29) is 0 Å². The van der Waals surface area contributed by atoms with Crippen LogP contribution in [0, 0.1) is 0 Å².